The zero-order valence-electron chi connectivity index (χ0n) is 19.1. The molecule has 3 rings (SSSR count). The van der Waals surface area contributed by atoms with Gasteiger partial charge in [-0.15, -0.1) is 0 Å². The molecule has 0 heterocycles. The van der Waals surface area contributed by atoms with Crippen LogP contribution in [0.5, 0.6) is 11.5 Å². The quantitative estimate of drug-likeness (QED) is 0.249. The Kier molecular flexibility index (Phi) is 8.72. The van der Waals surface area contributed by atoms with Gasteiger partial charge in [-0.1, -0.05) is 39.2 Å². The summed E-state index contributed by atoms with van der Waals surface area (Å²) in [5.41, 5.74) is 1.08. The minimum absolute atomic E-state index is 0.00250. The van der Waals surface area contributed by atoms with E-state index >= 15 is 0 Å². The first-order chi connectivity index (χ1) is 15.5. The molecular formula is C27H34O5. The zero-order chi connectivity index (χ0) is 22.9. The van der Waals surface area contributed by atoms with Gasteiger partial charge in [-0.25, -0.2) is 9.59 Å². The SMILES string of the molecule is CCCCOc1ccc(OC(=O)c2ccc(C3CCC(CCC)CC3)cc2C(=O)O)cc1. The van der Waals surface area contributed by atoms with E-state index in [1.54, 1.807) is 36.4 Å². The summed E-state index contributed by atoms with van der Waals surface area (Å²) in [4.78, 5) is 24.6. The molecule has 5 heteroatoms. The Bertz CT molecular complexity index is 895. The Hall–Kier alpha value is -2.82. The first kappa shape index (κ1) is 23.8. The molecule has 5 nitrogen and oxygen atoms in total. The normalized spacial score (nSPS) is 18.2. The highest BCUT2D eigenvalue weighted by atomic mass is 16.5. The summed E-state index contributed by atoms with van der Waals surface area (Å²) in [5.74, 6) is 0.424. The highest BCUT2D eigenvalue weighted by Gasteiger charge is 2.25. The minimum Gasteiger partial charge on any atom is -0.494 e. The molecule has 172 valence electrons. The molecule has 0 amide bonds. The number of ether oxygens (including phenoxy) is 2. The van der Waals surface area contributed by atoms with Crippen molar-refractivity contribution in [1.82, 2.24) is 0 Å². The standard InChI is InChI=1S/C27H34O5/c1-3-5-17-31-22-12-14-23(15-13-22)32-27(30)24-16-11-21(18-25(24)26(28)29)20-9-7-19(6-4-2)8-10-20/h11-16,18-20H,3-10,17H2,1-2H3,(H,28,29). The maximum Gasteiger partial charge on any atom is 0.344 e. The Morgan fingerprint density at radius 1 is 0.906 bits per heavy atom. The fourth-order valence-electron chi connectivity index (χ4n) is 4.46. The highest BCUT2D eigenvalue weighted by Crippen LogP contribution is 2.38. The lowest BCUT2D eigenvalue weighted by molar-refractivity contribution is 0.0667. The maximum absolute atomic E-state index is 12.7. The topological polar surface area (TPSA) is 72.8 Å². The number of carboxylic acid groups (broad SMARTS) is 1. The molecule has 2 aromatic carbocycles. The second-order valence-corrected chi connectivity index (χ2v) is 8.68. The van der Waals surface area contributed by atoms with Gasteiger partial charge in [0.25, 0.3) is 0 Å². The summed E-state index contributed by atoms with van der Waals surface area (Å²) in [7, 11) is 0. The lowest BCUT2D eigenvalue weighted by Gasteiger charge is -2.29. The second kappa shape index (κ2) is 11.7. The molecule has 32 heavy (non-hydrogen) atoms. The molecular weight excluding hydrogens is 404 g/mol. The van der Waals surface area contributed by atoms with Gasteiger partial charge in [0.15, 0.2) is 0 Å². The summed E-state index contributed by atoms with van der Waals surface area (Å²) in [6.45, 7) is 4.96. The van der Waals surface area contributed by atoms with Gasteiger partial charge in [0.1, 0.15) is 11.5 Å². The first-order valence-corrected chi connectivity index (χ1v) is 11.8. The number of carbonyl (C=O) groups excluding carboxylic acids is 1. The van der Waals surface area contributed by atoms with Crippen LogP contribution in [0.2, 0.25) is 0 Å². The monoisotopic (exact) mass is 438 g/mol. The van der Waals surface area contributed by atoms with Crippen LogP contribution in [0, 0.1) is 5.92 Å². The van der Waals surface area contributed by atoms with Crippen LogP contribution in [0.25, 0.3) is 0 Å². The van der Waals surface area contributed by atoms with Crippen LogP contribution in [0.3, 0.4) is 0 Å². The molecule has 0 aromatic heterocycles. The van der Waals surface area contributed by atoms with Crippen LogP contribution in [0.1, 0.15) is 97.4 Å². The smallest absolute Gasteiger partial charge is 0.344 e. The zero-order valence-corrected chi connectivity index (χ0v) is 19.1. The van der Waals surface area contributed by atoms with E-state index in [1.807, 2.05) is 6.07 Å². The molecule has 0 aliphatic heterocycles. The molecule has 0 unspecified atom stereocenters. The first-order valence-electron chi connectivity index (χ1n) is 11.8. The summed E-state index contributed by atoms with van der Waals surface area (Å²) in [6.07, 6.45) is 9.02. The van der Waals surface area contributed by atoms with Crippen molar-refractivity contribution in [3.05, 3.63) is 59.2 Å². The van der Waals surface area contributed by atoms with E-state index in [-0.39, 0.29) is 11.1 Å². The average Bonchev–Trinajstić information content (AvgIpc) is 2.80. The van der Waals surface area contributed by atoms with Gasteiger partial charge in [-0.3, -0.25) is 0 Å². The van der Waals surface area contributed by atoms with Crippen molar-refractivity contribution < 1.29 is 24.2 Å². The molecule has 1 N–H and O–H groups in total. The number of aromatic carboxylic acids is 1. The number of unbranched alkanes of at least 4 members (excludes halogenated alkanes) is 1. The van der Waals surface area contributed by atoms with Crippen molar-refractivity contribution in [2.24, 2.45) is 5.92 Å². The van der Waals surface area contributed by atoms with Gasteiger partial charge in [0, 0.05) is 0 Å². The van der Waals surface area contributed by atoms with E-state index < -0.39 is 11.9 Å². The number of benzene rings is 2. The Balaban J connectivity index is 1.68. The van der Waals surface area contributed by atoms with E-state index in [1.165, 1.54) is 25.7 Å². The minimum atomic E-state index is -1.11. The molecule has 1 fully saturated rings. The summed E-state index contributed by atoms with van der Waals surface area (Å²) in [5, 5.41) is 9.73. The number of carboxylic acids is 1. The molecule has 1 saturated carbocycles. The van der Waals surface area contributed by atoms with Gasteiger partial charge in [-0.05, 0) is 85.9 Å². The predicted molar refractivity (Wildman–Crippen MR) is 125 cm³/mol. The molecule has 0 atom stereocenters. The van der Waals surface area contributed by atoms with Gasteiger partial charge in [0.2, 0.25) is 0 Å². The number of hydrogen-bond acceptors (Lipinski definition) is 4. The van der Waals surface area contributed by atoms with Gasteiger partial charge in [0.05, 0.1) is 17.7 Å². The van der Waals surface area contributed by atoms with Crippen molar-refractivity contribution in [2.75, 3.05) is 6.61 Å². The number of hydrogen-bond donors (Lipinski definition) is 1. The van der Waals surface area contributed by atoms with E-state index in [0.29, 0.717) is 24.0 Å². The largest absolute Gasteiger partial charge is 0.494 e. The van der Waals surface area contributed by atoms with Crippen LogP contribution >= 0.6 is 0 Å². The number of rotatable bonds is 10. The van der Waals surface area contributed by atoms with Gasteiger partial charge in [-0.2, -0.15) is 0 Å². The fourth-order valence-corrected chi connectivity index (χ4v) is 4.46. The Labute approximate surface area is 190 Å². The van der Waals surface area contributed by atoms with E-state index in [4.69, 9.17) is 9.47 Å². The van der Waals surface area contributed by atoms with Crippen molar-refractivity contribution in [3.8, 4) is 11.5 Å². The average molecular weight is 439 g/mol. The van der Waals surface area contributed by atoms with Crippen LogP contribution < -0.4 is 9.47 Å². The van der Waals surface area contributed by atoms with E-state index in [0.717, 1.165) is 37.2 Å². The van der Waals surface area contributed by atoms with Crippen LogP contribution in [-0.4, -0.2) is 23.7 Å². The lowest BCUT2D eigenvalue weighted by atomic mass is 9.77. The van der Waals surface area contributed by atoms with Crippen LogP contribution in [0.15, 0.2) is 42.5 Å². The van der Waals surface area contributed by atoms with Crippen molar-refractivity contribution in [2.45, 2.75) is 71.1 Å². The Morgan fingerprint density at radius 2 is 1.59 bits per heavy atom. The summed E-state index contributed by atoms with van der Waals surface area (Å²) in [6, 6.07) is 11.9. The Morgan fingerprint density at radius 3 is 2.22 bits per heavy atom. The maximum atomic E-state index is 12.7. The second-order valence-electron chi connectivity index (χ2n) is 8.68. The molecule has 0 radical (unpaired) electrons. The number of esters is 1. The van der Waals surface area contributed by atoms with Gasteiger partial charge < -0.3 is 14.6 Å². The molecule has 2 aromatic rings. The molecule has 0 spiro atoms. The third-order valence-electron chi connectivity index (χ3n) is 6.31. The third-order valence-corrected chi connectivity index (χ3v) is 6.31. The lowest BCUT2D eigenvalue weighted by Crippen LogP contribution is -2.17. The highest BCUT2D eigenvalue weighted by molar-refractivity contribution is 6.03. The van der Waals surface area contributed by atoms with Crippen molar-refractivity contribution in [1.29, 1.82) is 0 Å². The predicted octanol–water partition coefficient (Wildman–Crippen LogP) is 6.86. The van der Waals surface area contributed by atoms with Gasteiger partial charge >= 0.3 is 11.9 Å². The van der Waals surface area contributed by atoms with Crippen molar-refractivity contribution in [3.63, 3.8) is 0 Å². The van der Waals surface area contributed by atoms with E-state index in [9.17, 15) is 14.7 Å². The van der Waals surface area contributed by atoms with Crippen LogP contribution in [-0.2, 0) is 0 Å². The molecule has 0 saturated heterocycles. The van der Waals surface area contributed by atoms with Crippen molar-refractivity contribution >= 4 is 11.9 Å². The van der Waals surface area contributed by atoms with E-state index in [2.05, 4.69) is 13.8 Å². The van der Waals surface area contributed by atoms with Crippen LogP contribution in [0.4, 0.5) is 0 Å². The molecule has 0 bridgehead atoms. The summed E-state index contributed by atoms with van der Waals surface area (Å²) >= 11 is 0. The third kappa shape index (κ3) is 6.35. The number of carbonyl (C=O) groups is 2. The fraction of sp³-hybridized carbons (Fsp3) is 0.481. The molecule has 1 aliphatic carbocycles. The molecule has 1 aliphatic rings. The summed E-state index contributed by atoms with van der Waals surface area (Å²) < 4.78 is 11.1.